The molecule has 0 saturated carbocycles. The number of thiazole rings is 1. The highest BCUT2D eigenvalue weighted by molar-refractivity contribution is 7.11. The molecule has 0 spiro atoms. The fraction of sp³-hybridized carbons (Fsp3) is 0.316. The molecule has 1 aliphatic heterocycles. The Morgan fingerprint density at radius 3 is 2.71 bits per heavy atom. The van der Waals surface area contributed by atoms with Crippen LogP contribution in [0.5, 0.6) is 16.7 Å². The second kappa shape index (κ2) is 7.51. The van der Waals surface area contributed by atoms with E-state index < -0.39 is 0 Å². The zero-order valence-electron chi connectivity index (χ0n) is 15.8. The highest BCUT2D eigenvalue weighted by atomic mass is 32.1. The Morgan fingerprint density at radius 1 is 1.21 bits per heavy atom. The van der Waals surface area contributed by atoms with Gasteiger partial charge < -0.3 is 19.1 Å². The minimum absolute atomic E-state index is 0.0266. The first-order chi connectivity index (χ1) is 13.6. The summed E-state index contributed by atoms with van der Waals surface area (Å²) in [6.45, 7) is 1.06. The predicted molar refractivity (Wildman–Crippen MR) is 104 cm³/mol. The van der Waals surface area contributed by atoms with E-state index in [0.717, 1.165) is 5.56 Å². The molecule has 9 heteroatoms. The van der Waals surface area contributed by atoms with Gasteiger partial charge in [-0.25, -0.2) is 4.98 Å². The lowest BCUT2D eigenvalue weighted by atomic mass is 10.1. The number of rotatable bonds is 6. The van der Waals surface area contributed by atoms with Gasteiger partial charge in [0.25, 0.3) is 11.1 Å². The van der Waals surface area contributed by atoms with Gasteiger partial charge >= 0.3 is 0 Å². The van der Waals surface area contributed by atoms with Crippen LogP contribution in [0.3, 0.4) is 0 Å². The van der Waals surface area contributed by atoms with E-state index >= 15 is 0 Å². The Balaban J connectivity index is 1.50. The summed E-state index contributed by atoms with van der Waals surface area (Å²) < 4.78 is 18.0. The van der Waals surface area contributed by atoms with Crippen LogP contribution in [0.1, 0.15) is 10.5 Å². The molecule has 0 atom stereocenters. The number of benzene rings is 1. The average molecular weight is 400 g/mol. The van der Waals surface area contributed by atoms with Crippen LogP contribution in [-0.4, -0.2) is 59.0 Å². The maximum Gasteiger partial charge on any atom is 0.273 e. The molecule has 0 aliphatic carbocycles. The van der Waals surface area contributed by atoms with Crippen molar-refractivity contribution in [1.29, 1.82) is 0 Å². The molecule has 8 nitrogen and oxygen atoms in total. The third-order valence-corrected chi connectivity index (χ3v) is 5.25. The molecule has 3 heterocycles. The van der Waals surface area contributed by atoms with Crippen molar-refractivity contribution in [2.75, 3.05) is 27.3 Å². The summed E-state index contributed by atoms with van der Waals surface area (Å²) in [5.74, 6) is 1.28. The van der Waals surface area contributed by atoms with Crippen LogP contribution in [0.25, 0.3) is 11.3 Å². The van der Waals surface area contributed by atoms with Gasteiger partial charge in [0.05, 0.1) is 33.0 Å². The molecule has 0 N–H and O–H groups in total. The van der Waals surface area contributed by atoms with E-state index in [2.05, 4.69) is 10.1 Å². The number of hydrogen-bond acceptors (Lipinski definition) is 7. The molecule has 0 radical (unpaired) electrons. The van der Waals surface area contributed by atoms with E-state index in [1.54, 1.807) is 43.1 Å². The number of methoxy groups -OCH3 is 2. The first kappa shape index (κ1) is 18.3. The van der Waals surface area contributed by atoms with E-state index in [0.29, 0.717) is 41.2 Å². The summed E-state index contributed by atoms with van der Waals surface area (Å²) in [5.41, 5.74) is 1.93. The third kappa shape index (κ3) is 3.40. The van der Waals surface area contributed by atoms with Crippen LogP contribution in [0.4, 0.5) is 0 Å². The first-order valence-electron chi connectivity index (χ1n) is 8.71. The molecule has 1 fully saturated rings. The molecule has 28 heavy (non-hydrogen) atoms. The Kier molecular flexibility index (Phi) is 4.91. The number of likely N-dealkylation sites (tertiary alicyclic amines) is 1. The standard InChI is InChI=1S/C19H20N4O4S/c1-22-16(18(24)23-10-13(11-23)27-19-20-6-7-28-19)9-15(21-22)14-8-12(25-2)4-5-17(14)26-3/h4-9,13H,10-11H2,1-3H3. The highest BCUT2D eigenvalue weighted by Crippen LogP contribution is 2.33. The molecule has 1 aromatic carbocycles. The molecular formula is C19H20N4O4S. The smallest absolute Gasteiger partial charge is 0.273 e. The molecule has 1 aliphatic rings. The SMILES string of the molecule is COc1ccc(OC)c(-c2cc(C(=O)N3CC(Oc4nccs4)C3)n(C)n2)c1. The third-order valence-electron chi connectivity index (χ3n) is 4.59. The molecule has 4 rings (SSSR count). The number of carbonyl (C=O) groups is 1. The van der Waals surface area contributed by atoms with Gasteiger partial charge in [-0.15, -0.1) is 0 Å². The summed E-state index contributed by atoms with van der Waals surface area (Å²) in [4.78, 5) is 18.7. The van der Waals surface area contributed by atoms with Crippen molar-refractivity contribution in [2.45, 2.75) is 6.10 Å². The first-order valence-corrected chi connectivity index (χ1v) is 9.59. The lowest BCUT2D eigenvalue weighted by Gasteiger charge is -2.38. The van der Waals surface area contributed by atoms with E-state index in [1.807, 2.05) is 23.6 Å². The maximum atomic E-state index is 12.9. The lowest BCUT2D eigenvalue weighted by Crippen LogP contribution is -2.56. The Bertz CT molecular complexity index is 980. The second-order valence-corrected chi connectivity index (χ2v) is 7.21. The summed E-state index contributed by atoms with van der Waals surface area (Å²) in [5, 5.41) is 6.99. The van der Waals surface area contributed by atoms with Crippen LogP contribution in [0, 0.1) is 0 Å². The number of amides is 1. The van der Waals surface area contributed by atoms with Crippen LogP contribution in [-0.2, 0) is 7.05 Å². The molecule has 1 amide bonds. The monoisotopic (exact) mass is 400 g/mol. The van der Waals surface area contributed by atoms with Crippen LogP contribution in [0.2, 0.25) is 0 Å². The molecule has 3 aromatic rings. The van der Waals surface area contributed by atoms with E-state index in [9.17, 15) is 4.79 Å². The van der Waals surface area contributed by atoms with E-state index in [4.69, 9.17) is 14.2 Å². The molecule has 1 saturated heterocycles. The van der Waals surface area contributed by atoms with E-state index in [-0.39, 0.29) is 12.0 Å². The van der Waals surface area contributed by atoms with Gasteiger partial charge in [-0.3, -0.25) is 9.48 Å². The molecule has 2 aromatic heterocycles. The number of nitrogens with zero attached hydrogens (tertiary/aromatic N) is 4. The van der Waals surface area contributed by atoms with Crippen molar-refractivity contribution in [1.82, 2.24) is 19.7 Å². The van der Waals surface area contributed by atoms with Gasteiger partial charge in [0, 0.05) is 24.2 Å². The largest absolute Gasteiger partial charge is 0.497 e. The van der Waals surface area contributed by atoms with Gasteiger partial charge in [0.2, 0.25) is 0 Å². The quantitative estimate of drug-likeness (QED) is 0.633. The average Bonchev–Trinajstić information content (AvgIpc) is 3.32. The van der Waals surface area contributed by atoms with Gasteiger partial charge in [-0.1, -0.05) is 11.3 Å². The number of aryl methyl sites for hydroxylation is 1. The minimum Gasteiger partial charge on any atom is -0.497 e. The van der Waals surface area contributed by atoms with Gasteiger partial charge in [-0.2, -0.15) is 5.10 Å². The normalized spacial score (nSPS) is 13.9. The van der Waals surface area contributed by atoms with Gasteiger partial charge in [0.1, 0.15) is 23.3 Å². The topological polar surface area (TPSA) is 78.7 Å². The fourth-order valence-electron chi connectivity index (χ4n) is 3.06. The molecule has 146 valence electrons. The number of carbonyl (C=O) groups excluding carboxylic acids is 1. The zero-order chi connectivity index (χ0) is 19.7. The second-order valence-electron chi connectivity index (χ2n) is 6.35. The molecular weight excluding hydrogens is 380 g/mol. The van der Waals surface area contributed by atoms with Gasteiger partial charge in [-0.05, 0) is 24.3 Å². The van der Waals surface area contributed by atoms with E-state index in [1.165, 1.54) is 11.3 Å². The Hall–Kier alpha value is -3.07. The highest BCUT2D eigenvalue weighted by Gasteiger charge is 2.34. The molecule has 0 unspecified atom stereocenters. The van der Waals surface area contributed by atoms with Crippen LogP contribution < -0.4 is 14.2 Å². The summed E-state index contributed by atoms with van der Waals surface area (Å²) in [7, 11) is 4.96. The number of aromatic nitrogens is 3. The van der Waals surface area contributed by atoms with Crippen LogP contribution in [0.15, 0.2) is 35.8 Å². The summed E-state index contributed by atoms with van der Waals surface area (Å²) >= 11 is 1.44. The number of ether oxygens (including phenoxy) is 3. The van der Waals surface area contributed by atoms with Crippen molar-refractivity contribution >= 4 is 17.2 Å². The summed E-state index contributed by atoms with van der Waals surface area (Å²) in [6.07, 6.45) is 1.67. The van der Waals surface area contributed by atoms with Crippen molar-refractivity contribution < 1.29 is 19.0 Å². The zero-order valence-corrected chi connectivity index (χ0v) is 16.6. The molecule has 0 bridgehead atoms. The number of hydrogen-bond donors (Lipinski definition) is 0. The fourth-order valence-corrected chi connectivity index (χ4v) is 3.62. The Morgan fingerprint density at radius 2 is 2.04 bits per heavy atom. The van der Waals surface area contributed by atoms with Crippen molar-refractivity contribution in [2.24, 2.45) is 7.05 Å². The lowest BCUT2D eigenvalue weighted by molar-refractivity contribution is 0.0169. The minimum atomic E-state index is -0.0814. The van der Waals surface area contributed by atoms with Crippen molar-refractivity contribution in [3.05, 3.63) is 41.5 Å². The van der Waals surface area contributed by atoms with Crippen molar-refractivity contribution in [3.63, 3.8) is 0 Å². The van der Waals surface area contributed by atoms with Crippen molar-refractivity contribution in [3.8, 4) is 28.0 Å². The van der Waals surface area contributed by atoms with Crippen LogP contribution >= 0.6 is 11.3 Å². The van der Waals surface area contributed by atoms with Gasteiger partial charge in [0.15, 0.2) is 0 Å². The predicted octanol–water partition coefficient (Wildman–Crippen LogP) is 2.46. The summed E-state index contributed by atoms with van der Waals surface area (Å²) in [6, 6.07) is 7.26. The maximum absolute atomic E-state index is 12.9. The Labute approximate surface area is 166 Å².